The molecule has 3 heteroatoms. The van der Waals surface area contributed by atoms with E-state index in [1.807, 2.05) is 0 Å². The SMILES string of the molecule is CC(C)OCCN1CCC(NC2CC2)C1. The summed E-state index contributed by atoms with van der Waals surface area (Å²) in [6.45, 7) is 8.64. The largest absolute Gasteiger partial charge is 0.377 e. The highest BCUT2D eigenvalue weighted by Crippen LogP contribution is 2.21. The highest BCUT2D eigenvalue weighted by atomic mass is 16.5. The van der Waals surface area contributed by atoms with Gasteiger partial charge in [0.1, 0.15) is 0 Å². The van der Waals surface area contributed by atoms with Crippen LogP contribution in [0.25, 0.3) is 0 Å². The van der Waals surface area contributed by atoms with Gasteiger partial charge in [-0.1, -0.05) is 0 Å². The van der Waals surface area contributed by atoms with Crippen LogP contribution in [0.3, 0.4) is 0 Å². The molecule has 1 N–H and O–H groups in total. The number of likely N-dealkylation sites (tertiary alicyclic amines) is 1. The molecule has 1 heterocycles. The van der Waals surface area contributed by atoms with Crippen molar-refractivity contribution in [1.82, 2.24) is 10.2 Å². The van der Waals surface area contributed by atoms with Crippen molar-refractivity contribution in [1.29, 1.82) is 0 Å². The van der Waals surface area contributed by atoms with Crippen molar-refractivity contribution < 1.29 is 4.74 Å². The second-order valence-corrected chi connectivity index (χ2v) is 5.15. The van der Waals surface area contributed by atoms with Gasteiger partial charge in [-0.15, -0.1) is 0 Å². The third-order valence-corrected chi connectivity index (χ3v) is 3.18. The van der Waals surface area contributed by atoms with E-state index in [0.29, 0.717) is 6.10 Å². The fourth-order valence-corrected chi connectivity index (χ4v) is 2.17. The van der Waals surface area contributed by atoms with Crippen LogP contribution < -0.4 is 5.32 Å². The Kier molecular flexibility index (Phi) is 4.00. The van der Waals surface area contributed by atoms with Gasteiger partial charge < -0.3 is 10.1 Å². The molecule has 3 nitrogen and oxygen atoms in total. The summed E-state index contributed by atoms with van der Waals surface area (Å²) in [6.07, 6.45) is 4.48. The summed E-state index contributed by atoms with van der Waals surface area (Å²) in [4.78, 5) is 2.52. The van der Waals surface area contributed by atoms with Crippen molar-refractivity contribution in [3.8, 4) is 0 Å². The van der Waals surface area contributed by atoms with E-state index < -0.39 is 0 Å². The second-order valence-electron chi connectivity index (χ2n) is 5.15. The molecular formula is C12H24N2O. The number of rotatable bonds is 6. The van der Waals surface area contributed by atoms with Gasteiger partial charge >= 0.3 is 0 Å². The topological polar surface area (TPSA) is 24.5 Å². The molecule has 1 saturated heterocycles. The monoisotopic (exact) mass is 212 g/mol. The molecule has 0 spiro atoms. The van der Waals surface area contributed by atoms with E-state index in [1.165, 1.54) is 32.4 Å². The zero-order chi connectivity index (χ0) is 10.7. The Morgan fingerprint density at radius 1 is 1.27 bits per heavy atom. The van der Waals surface area contributed by atoms with E-state index in [2.05, 4.69) is 24.1 Å². The minimum atomic E-state index is 0.369. The van der Waals surface area contributed by atoms with E-state index in [9.17, 15) is 0 Å². The minimum absolute atomic E-state index is 0.369. The van der Waals surface area contributed by atoms with Crippen LogP contribution in [0.4, 0.5) is 0 Å². The predicted octanol–water partition coefficient (Wildman–Crippen LogP) is 1.24. The molecule has 1 saturated carbocycles. The van der Waals surface area contributed by atoms with Crippen LogP contribution in [0.15, 0.2) is 0 Å². The van der Waals surface area contributed by atoms with Gasteiger partial charge in [0.25, 0.3) is 0 Å². The molecule has 2 aliphatic rings. The first-order valence-electron chi connectivity index (χ1n) is 6.34. The van der Waals surface area contributed by atoms with Crippen LogP contribution in [-0.2, 0) is 4.74 Å². The van der Waals surface area contributed by atoms with E-state index >= 15 is 0 Å². The summed E-state index contributed by atoms with van der Waals surface area (Å²) in [6, 6.07) is 1.60. The first kappa shape index (κ1) is 11.4. The standard InChI is InChI=1S/C12H24N2O/c1-10(2)15-8-7-14-6-5-12(9-14)13-11-3-4-11/h10-13H,3-9H2,1-2H3. The molecule has 88 valence electrons. The van der Waals surface area contributed by atoms with E-state index in [0.717, 1.165) is 25.2 Å². The quantitative estimate of drug-likeness (QED) is 0.717. The second kappa shape index (κ2) is 5.28. The molecule has 0 aromatic rings. The van der Waals surface area contributed by atoms with Crippen molar-refractivity contribution in [2.24, 2.45) is 0 Å². The summed E-state index contributed by atoms with van der Waals surface area (Å²) in [7, 11) is 0. The van der Waals surface area contributed by atoms with Crippen LogP contribution >= 0.6 is 0 Å². The van der Waals surface area contributed by atoms with Crippen LogP contribution in [-0.4, -0.2) is 49.3 Å². The first-order chi connectivity index (χ1) is 7.24. The zero-order valence-corrected chi connectivity index (χ0v) is 10.0. The van der Waals surface area contributed by atoms with Crippen molar-refractivity contribution in [2.75, 3.05) is 26.2 Å². The molecular weight excluding hydrogens is 188 g/mol. The lowest BCUT2D eigenvalue weighted by Gasteiger charge is -2.17. The van der Waals surface area contributed by atoms with Gasteiger partial charge in [-0.25, -0.2) is 0 Å². The third kappa shape index (κ3) is 4.09. The molecule has 0 bridgehead atoms. The zero-order valence-electron chi connectivity index (χ0n) is 10.0. The van der Waals surface area contributed by atoms with E-state index in [4.69, 9.17) is 4.74 Å². The molecule has 0 radical (unpaired) electrons. The fraction of sp³-hybridized carbons (Fsp3) is 1.00. The third-order valence-electron chi connectivity index (χ3n) is 3.18. The normalized spacial score (nSPS) is 27.8. The highest BCUT2D eigenvalue weighted by Gasteiger charge is 2.28. The van der Waals surface area contributed by atoms with Gasteiger partial charge in [-0.2, -0.15) is 0 Å². The lowest BCUT2D eigenvalue weighted by Crippen LogP contribution is -2.35. The fourth-order valence-electron chi connectivity index (χ4n) is 2.17. The maximum absolute atomic E-state index is 5.57. The van der Waals surface area contributed by atoms with Crippen LogP contribution in [0, 0.1) is 0 Å². The van der Waals surface area contributed by atoms with Crippen molar-refractivity contribution >= 4 is 0 Å². The maximum Gasteiger partial charge on any atom is 0.0596 e. The molecule has 0 aromatic carbocycles. The highest BCUT2D eigenvalue weighted by molar-refractivity contribution is 4.89. The van der Waals surface area contributed by atoms with Crippen molar-refractivity contribution in [3.63, 3.8) is 0 Å². The molecule has 2 fully saturated rings. The van der Waals surface area contributed by atoms with Crippen molar-refractivity contribution in [3.05, 3.63) is 0 Å². The molecule has 2 rings (SSSR count). The molecule has 1 atom stereocenters. The lowest BCUT2D eigenvalue weighted by atomic mass is 10.2. The Morgan fingerprint density at radius 2 is 2.07 bits per heavy atom. The smallest absolute Gasteiger partial charge is 0.0596 e. The average molecular weight is 212 g/mol. The van der Waals surface area contributed by atoms with Crippen LogP contribution in [0.5, 0.6) is 0 Å². The Labute approximate surface area is 93.2 Å². The van der Waals surface area contributed by atoms with Gasteiger partial charge in [0.05, 0.1) is 12.7 Å². The predicted molar refractivity (Wildman–Crippen MR) is 62.1 cm³/mol. The minimum Gasteiger partial charge on any atom is -0.377 e. The summed E-state index contributed by atoms with van der Waals surface area (Å²) in [5.41, 5.74) is 0. The van der Waals surface area contributed by atoms with Crippen LogP contribution in [0.1, 0.15) is 33.1 Å². The molecule has 15 heavy (non-hydrogen) atoms. The van der Waals surface area contributed by atoms with Gasteiger partial charge in [0.2, 0.25) is 0 Å². The van der Waals surface area contributed by atoms with Gasteiger partial charge in [0.15, 0.2) is 0 Å². The molecule has 0 aromatic heterocycles. The number of ether oxygens (including phenoxy) is 1. The number of hydrogen-bond acceptors (Lipinski definition) is 3. The molecule has 1 aliphatic carbocycles. The summed E-state index contributed by atoms with van der Waals surface area (Å²) in [5, 5.41) is 3.70. The molecule has 0 amide bonds. The number of nitrogens with one attached hydrogen (secondary N) is 1. The Bertz CT molecular complexity index is 192. The van der Waals surface area contributed by atoms with Gasteiger partial charge in [0, 0.05) is 25.2 Å². The molecule has 1 aliphatic heterocycles. The van der Waals surface area contributed by atoms with Gasteiger partial charge in [-0.3, -0.25) is 4.90 Å². The Morgan fingerprint density at radius 3 is 2.73 bits per heavy atom. The summed E-state index contributed by atoms with van der Waals surface area (Å²) >= 11 is 0. The maximum atomic E-state index is 5.57. The Balaban J connectivity index is 1.55. The first-order valence-corrected chi connectivity index (χ1v) is 6.34. The molecule has 1 unspecified atom stereocenters. The van der Waals surface area contributed by atoms with E-state index in [1.54, 1.807) is 0 Å². The lowest BCUT2D eigenvalue weighted by molar-refractivity contribution is 0.0631. The van der Waals surface area contributed by atoms with E-state index in [-0.39, 0.29) is 0 Å². The summed E-state index contributed by atoms with van der Waals surface area (Å²) in [5.74, 6) is 0. The van der Waals surface area contributed by atoms with Crippen LogP contribution in [0.2, 0.25) is 0 Å². The van der Waals surface area contributed by atoms with Crippen molar-refractivity contribution in [2.45, 2.75) is 51.3 Å². The Hall–Kier alpha value is -0.120. The summed E-state index contributed by atoms with van der Waals surface area (Å²) < 4.78 is 5.57. The average Bonchev–Trinajstić information content (AvgIpc) is 2.86. The van der Waals surface area contributed by atoms with Gasteiger partial charge in [-0.05, 0) is 39.7 Å². The number of nitrogens with zero attached hydrogens (tertiary/aromatic N) is 1. The number of hydrogen-bond donors (Lipinski definition) is 1.